The average molecular weight is 315 g/mol. The van der Waals surface area contributed by atoms with E-state index in [2.05, 4.69) is 10.2 Å². The van der Waals surface area contributed by atoms with Crippen LogP contribution in [0.25, 0.3) is 0 Å². The maximum Gasteiger partial charge on any atom is 0.274 e. The number of aromatic nitrogens is 2. The predicted octanol–water partition coefficient (Wildman–Crippen LogP) is 2.37. The lowest BCUT2D eigenvalue weighted by Crippen LogP contribution is -2.32. The number of amides is 1. The van der Waals surface area contributed by atoms with E-state index in [0.29, 0.717) is 23.6 Å². The highest BCUT2D eigenvalue weighted by Crippen LogP contribution is 2.39. The van der Waals surface area contributed by atoms with E-state index < -0.39 is 6.10 Å². The fourth-order valence-electron chi connectivity index (χ4n) is 3.26. The SMILES string of the molecule is O=C(c1cc(C2CC2)[nH]n1)N1C[C@@H](O)C[C@H]1c1cccc(F)c1. The maximum atomic E-state index is 13.5. The highest BCUT2D eigenvalue weighted by molar-refractivity contribution is 5.93. The van der Waals surface area contributed by atoms with E-state index in [9.17, 15) is 14.3 Å². The number of β-amino-alcohol motifs (C(OH)–C–C–N with tert-alkyl or cyclic N) is 1. The number of nitrogens with zero attached hydrogens (tertiary/aromatic N) is 2. The number of hydrogen-bond acceptors (Lipinski definition) is 3. The Morgan fingerprint density at radius 2 is 2.17 bits per heavy atom. The van der Waals surface area contributed by atoms with Crippen LogP contribution in [0.1, 0.15) is 53.0 Å². The second-order valence-electron chi connectivity index (χ2n) is 6.40. The van der Waals surface area contributed by atoms with Crippen LogP contribution in [0.3, 0.4) is 0 Å². The molecule has 2 aliphatic rings. The van der Waals surface area contributed by atoms with Gasteiger partial charge in [0.2, 0.25) is 0 Å². The van der Waals surface area contributed by atoms with Crippen LogP contribution in [0, 0.1) is 5.82 Å². The third-order valence-corrected chi connectivity index (χ3v) is 4.61. The van der Waals surface area contributed by atoms with Crippen LogP contribution in [-0.4, -0.2) is 38.8 Å². The van der Waals surface area contributed by atoms with Crippen molar-refractivity contribution in [1.29, 1.82) is 0 Å². The molecule has 2 aromatic rings. The van der Waals surface area contributed by atoms with Crippen molar-refractivity contribution < 1.29 is 14.3 Å². The number of benzene rings is 1. The van der Waals surface area contributed by atoms with Crippen LogP contribution >= 0.6 is 0 Å². The van der Waals surface area contributed by atoms with Crippen molar-refractivity contribution in [3.8, 4) is 0 Å². The van der Waals surface area contributed by atoms with Gasteiger partial charge in [-0.15, -0.1) is 0 Å². The first-order valence-corrected chi connectivity index (χ1v) is 7.91. The molecule has 1 aromatic carbocycles. The second-order valence-corrected chi connectivity index (χ2v) is 6.40. The molecule has 1 aliphatic carbocycles. The van der Waals surface area contributed by atoms with Gasteiger partial charge in [-0.05, 0) is 43.0 Å². The Morgan fingerprint density at radius 1 is 1.35 bits per heavy atom. The van der Waals surface area contributed by atoms with Crippen LogP contribution in [0.2, 0.25) is 0 Å². The molecule has 4 rings (SSSR count). The molecule has 2 heterocycles. The summed E-state index contributed by atoms with van der Waals surface area (Å²) in [6.07, 6.45) is 2.07. The van der Waals surface area contributed by atoms with Gasteiger partial charge < -0.3 is 10.0 Å². The van der Waals surface area contributed by atoms with Gasteiger partial charge in [0.1, 0.15) is 11.5 Å². The molecule has 1 saturated heterocycles. The number of halogens is 1. The summed E-state index contributed by atoms with van der Waals surface area (Å²) in [5.74, 6) is -0.0710. The highest BCUT2D eigenvalue weighted by atomic mass is 19.1. The fourth-order valence-corrected chi connectivity index (χ4v) is 3.26. The van der Waals surface area contributed by atoms with Gasteiger partial charge >= 0.3 is 0 Å². The zero-order valence-electron chi connectivity index (χ0n) is 12.6. The monoisotopic (exact) mass is 315 g/mol. The summed E-state index contributed by atoms with van der Waals surface area (Å²) in [4.78, 5) is 14.3. The molecule has 0 spiro atoms. The van der Waals surface area contributed by atoms with Gasteiger partial charge in [-0.25, -0.2) is 4.39 Å². The zero-order valence-corrected chi connectivity index (χ0v) is 12.6. The summed E-state index contributed by atoms with van der Waals surface area (Å²) in [6, 6.07) is 7.67. The fraction of sp³-hybridized carbons (Fsp3) is 0.412. The number of likely N-dealkylation sites (tertiary alicyclic amines) is 1. The molecule has 0 unspecified atom stereocenters. The Morgan fingerprint density at radius 3 is 2.91 bits per heavy atom. The summed E-state index contributed by atoms with van der Waals surface area (Å²) in [5, 5.41) is 17.0. The zero-order chi connectivity index (χ0) is 16.0. The van der Waals surface area contributed by atoms with E-state index in [-0.39, 0.29) is 24.3 Å². The third kappa shape index (κ3) is 2.74. The van der Waals surface area contributed by atoms with E-state index in [1.54, 1.807) is 23.1 Å². The number of hydrogen-bond donors (Lipinski definition) is 2. The number of carbonyl (C=O) groups is 1. The molecule has 1 amide bonds. The molecule has 1 saturated carbocycles. The van der Waals surface area contributed by atoms with Gasteiger partial charge in [0.05, 0.1) is 12.1 Å². The van der Waals surface area contributed by atoms with E-state index >= 15 is 0 Å². The van der Waals surface area contributed by atoms with Gasteiger partial charge in [0.25, 0.3) is 5.91 Å². The molecule has 2 N–H and O–H groups in total. The van der Waals surface area contributed by atoms with E-state index in [1.165, 1.54) is 12.1 Å². The summed E-state index contributed by atoms with van der Waals surface area (Å²) in [7, 11) is 0. The van der Waals surface area contributed by atoms with Crippen LogP contribution in [0.4, 0.5) is 4.39 Å². The number of aliphatic hydroxyl groups excluding tert-OH is 1. The Labute approximate surface area is 133 Å². The van der Waals surface area contributed by atoms with Gasteiger partial charge in [-0.1, -0.05) is 12.1 Å². The number of carbonyl (C=O) groups excluding carboxylic acids is 1. The highest BCUT2D eigenvalue weighted by Gasteiger charge is 2.37. The van der Waals surface area contributed by atoms with Crippen molar-refractivity contribution in [3.05, 3.63) is 53.1 Å². The smallest absolute Gasteiger partial charge is 0.274 e. The minimum Gasteiger partial charge on any atom is -0.391 e. The third-order valence-electron chi connectivity index (χ3n) is 4.61. The molecule has 23 heavy (non-hydrogen) atoms. The first kappa shape index (κ1) is 14.4. The molecule has 2 atom stereocenters. The van der Waals surface area contributed by atoms with Crippen LogP contribution in [-0.2, 0) is 0 Å². The average Bonchev–Trinajstić information content (AvgIpc) is 3.13. The Balaban J connectivity index is 1.60. The number of nitrogens with one attached hydrogen (secondary N) is 1. The Hall–Kier alpha value is -2.21. The van der Waals surface area contributed by atoms with Gasteiger partial charge in [-0.3, -0.25) is 9.89 Å². The van der Waals surface area contributed by atoms with E-state index in [4.69, 9.17) is 0 Å². The first-order chi connectivity index (χ1) is 11.1. The van der Waals surface area contributed by atoms with Gasteiger partial charge in [0.15, 0.2) is 0 Å². The number of aromatic amines is 1. The van der Waals surface area contributed by atoms with Crippen LogP contribution in [0.15, 0.2) is 30.3 Å². The lowest BCUT2D eigenvalue weighted by molar-refractivity contribution is 0.0709. The predicted molar refractivity (Wildman–Crippen MR) is 81.4 cm³/mol. The lowest BCUT2D eigenvalue weighted by Gasteiger charge is -2.24. The summed E-state index contributed by atoms with van der Waals surface area (Å²) < 4.78 is 13.5. The molecule has 0 bridgehead atoms. The number of rotatable bonds is 3. The molecule has 1 aliphatic heterocycles. The molecule has 120 valence electrons. The van der Waals surface area contributed by atoms with Gasteiger partial charge in [-0.2, -0.15) is 5.10 Å². The quantitative estimate of drug-likeness (QED) is 0.913. The molecular formula is C17H18FN3O2. The number of aliphatic hydroxyl groups is 1. The first-order valence-electron chi connectivity index (χ1n) is 7.91. The van der Waals surface area contributed by atoms with Crippen molar-refractivity contribution in [2.24, 2.45) is 0 Å². The summed E-state index contributed by atoms with van der Waals surface area (Å²) in [6.45, 7) is 0.242. The van der Waals surface area contributed by atoms with E-state index in [1.807, 2.05) is 0 Å². The topological polar surface area (TPSA) is 69.2 Å². The maximum absolute atomic E-state index is 13.5. The van der Waals surface area contributed by atoms with E-state index in [0.717, 1.165) is 18.5 Å². The molecule has 2 fully saturated rings. The second kappa shape index (κ2) is 5.45. The largest absolute Gasteiger partial charge is 0.391 e. The van der Waals surface area contributed by atoms with Gasteiger partial charge in [0, 0.05) is 18.2 Å². The normalized spacial score (nSPS) is 24.2. The van der Waals surface area contributed by atoms with Crippen molar-refractivity contribution in [2.45, 2.75) is 37.3 Å². The molecule has 6 heteroatoms. The van der Waals surface area contributed by atoms with Crippen molar-refractivity contribution in [3.63, 3.8) is 0 Å². The minimum absolute atomic E-state index is 0.223. The molecule has 0 radical (unpaired) electrons. The Bertz CT molecular complexity index is 741. The minimum atomic E-state index is -0.603. The summed E-state index contributed by atoms with van der Waals surface area (Å²) >= 11 is 0. The molecule has 1 aromatic heterocycles. The van der Waals surface area contributed by atoms with Crippen LogP contribution in [0.5, 0.6) is 0 Å². The van der Waals surface area contributed by atoms with Crippen molar-refractivity contribution in [1.82, 2.24) is 15.1 Å². The molecule has 5 nitrogen and oxygen atoms in total. The Kier molecular flexibility index (Phi) is 3.41. The standard InChI is InChI=1S/C17H18FN3O2/c18-12-3-1-2-11(6-12)16-7-13(22)9-21(16)17(23)15-8-14(19-20-15)10-4-5-10/h1-3,6,8,10,13,16,22H,4-5,7,9H2,(H,19,20)/t13-,16-/m0/s1. The van der Waals surface area contributed by atoms with Crippen molar-refractivity contribution in [2.75, 3.05) is 6.54 Å². The van der Waals surface area contributed by atoms with Crippen molar-refractivity contribution >= 4 is 5.91 Å². The van der Waals surface area contributed by atoms with Crippen LogP contribution < -0.4 is 0 Å². The summed E-state index contributed by atoms with van der Waals surface area (Å²) in [5.41, 5.74) is 2.06. The molecular weight excluding hydrogens is 297 g/mol. The lowest BCUT2D eigenvalue weighted by atomic mass is 10.0. The number of H-pyrrole nitrogens is 1.